The minimum Gasteiger partial charge on any atom is -0.484 e. The second kappa shape index (κ2) is 5.13. The Kier molecular flexibility index (Phi) is 3.56. The summed E-state index contributed by atoms with van der Waals surface area (Å²) in [6.45, 7) is 6.05. The average molecular weight is 241 g/mol. The zero-order valence-electron chi connectivity index (χ0n) is 10.9. The molecular formula is C16H17O2. The zero-order valence-corrected chi connectivity index (χ0v) is 10.9. The molecular weight excluding hydrogens is 224 g/mol. The van der Waals surface area contributed by atoms with Crippen LogP contribution in [0.4, 0.5) is 0 Å². The zero-order chi connectivity index (χ0) is 13.0. The van der Waals surface area contributed by atoms with Crippen LogP contribution >= 0.6 is 0 Å². The van der Waals surface area contributed by atoms with Gasteiger partial charge in [-0.05, 0) is 51.1 Å². The molecule has 0 aromatic heterocycles. The summed E-state index contributed by atoms with van der Waals surface area (Å²) >= 11 is 0. The maximum Gasteiger partial charge on any atom is 0.169 e. The second-order valence-corrected chi connectivity index (χ2v) is 5.00. The van der Waals surface area contributed by atoms with Crippen molar-refractivity contribution in [1.29, 1.82) is 0 Å². The lowest BCUT2D eigenvalue weighted by molar-refractivity contribution is 0.126. The molecule has 0 bridgehead atoms. The highest BCUT2D eigenvalue weighted by atomic mass is 16.5. The molecule has 0 heterocycles. The molecule has 0 fully saturated rings. The first-order valence-electron chi connectivity index (χ1n) is 5.97. The van der Waals surface area contributed by atoms with Gasteiger partial charge in [-0.15, -0.1) is 0 Å². The molecule has 0 atom stereocenters. The third-order valence-electron chi connectivity index (χ3n) is 2.18. The summed E-state index contributed by atoms with van der Waals surface area (Å²) < 4.78 is 11.7. The molecule has 2 nitrogen and oxygen atoms in total. The number of benzene rings is 2. The van der Waals surface area contributed by atoms with Gasteiger partial charge in [0.15, 0.2) is 11.5 Å². The van der Waals surface area contributed by atoms with Crippen LogP contribution < -0.4 is 9.47 Å². The van der Waals surface area contributed by atoms with Gasteiger partial charge in [-0.2, -0.15) is 0 Å². The molecule has 0 saturated carbocycles. The van der Waals surface area contributed by atoms with E-state index in [2.05, 4.69) is 6.07 Å². The van der Waals surface area contributed by atoms with Crippen LogP contribution in [0.2, 0.25) is 0 Å². The Bertz CT molecular complexity index is 498. The van der Waals surface area contributed by atoms with Crippen molar-refractivity contribution < 1.29 is 9.47 Å². The minimum atomic E-state index is -0.246. The van der Waals surface area contributed by atoms with E-state index in [-0.39, 0.29) is 5.60 Å². The molecule has 0 aliphatic rings. The molecule has 2 heteroatoms. The van der Waals surface area contributed by atoms with E-state index in [1.165, 1.54) is 0 Å². The molecule has 93 valence electrons. The van der Waals surface area contributed by atoms with Crippen LogP contribution in [0.3, 0.4) is 0 Å². The minimum absolute atomic E-state index is 0.246. The summed E-state index contributed by atoms with van der Waals surface area (Å²) in [7, 11) is 0. The van der Waals surface area contributed by atoms with Crippen molar-refractivity contribution in [2.45, 2.75) is 26.4 Å². The van der Waals surface area contributed by atoms with Crippen LogP contribution in [0.1, 0.15) is 20.8 Å². The van der Waals surface area contributed by atoms with Crippen molar-refractivity contribution in [3.05, 3.63) is 54.6 Å². The van der Waals surface area contributed by atoms with E-state index in [9.17, 15) is 0 Å². The molecule has 2 aromatic rings. The van der Waals surface area contributed by atoms with Crippen molar-refractivity contribution in [1.82, 2.24) is 0 Å². The molecule has 0 amide bonds. The SMILES string of the molecule is CC(C)(C)Oc1ccccc1Oc1cc[c]cc1. The first-order chi connectivity index (χ1) is 8.54. The Morgan fingerprint density at radius 3 is 2.11 bits per heavy atom. The lowest BCUT2D eigenvalue weighted by Gasteiger charge is -2.23. The van der Waals surface area contributed by atoms with Crippen molar-refractivity contribution in [2.24, 2.45) is 0 Å². The van der Waals surface area contributed by atoms with Crippen LogP contribution in [0.25, 0.3) is 0 Å². The van der Waals surface area contributed by atoms with Crippen LogP contribution in [-0.2, 0) is 0 Å². The Morgan fingerprint density at radius 2 is 1.50 bits per heavy atom. The van der Waals surface area contributed by atoms with E-state index in [1.54, 1.807) is 0 Å². The third kappa shape index (κ3) is 3.52. The maximum absolute atomic E-state index is 5.87. The van der Waals surface area contributed by atoms with E-state index >= 15 is 0 Å². The molecule has 0 saturated heterocycles. The van der Waals surface area contributed by atoms with Crippen LogP contribution in [0.5, 0.6) is 17.2 Å². The highest BCUT2D eigenvalue weighted by Gasteiger charge is 2.15. The molecule has 2 rings (SSSR count). The third-order valence-corrected chi connectivity index (χ3v) is 2.18. The van der Waals surface area contributed by atoms with Crippen LogP contribution in [0.15, 0.2) is 48.5 Å². The number of ether oxygens (including phenoxy) is 2. The molecule has 0 aliphatic heterocycles. The molecule has 0 spiro atoms. The normalized spacial score (nSPS) is 11.1. The molecule has 2 aromatic carbocycles. The second-order valence-electron chi connectivity index (χ2n) is 5.00. The van der Waals surface area contributed by atoms with Gasteiger partial charge in [-0.1, -0.05) is 24.3 Å². The average Bonchev–Trinajstić information content (AvgIpc) is 2.31. The number of hydrogen-bond acceptors (Lipinski definition) is 2. The van der Waals surface area contributed by atoms with E-state index < -0.39 is 0 Å². The van der Waals surface area contributed by atoms with Gasteiger partial charge in [0.1, 0.15) is 11.4 Å². The fourth-order valence-electron chi connectivity index (χ4n) is 1.52. The fraction of sp³-hybridized carbons (Fsp3) is 0.250. The predicted octanol–water partition coefficient (Wildman–Crippen LogP) is 4.46. The lowest BCUT2D eigenvalue weighted by Crippen LogP contribution is -2.23. The molecule has 0 aliphatic carbocycles. The standard InChI is InChI=1S/C16H17O2/c1-16(2,3)18-15-12-8-7-11-14(15)17-13-9-5-4-6-10-13/h5-12H,1-3H3. The molecule has 18 heavy (non-hydrogen) atoms. The van der Waals surface area contributed by atoms with Crippen molar-refractivity contribution in [3.8, 4) is 17.2 Å². The molecule has 0 unspecified atom stereocenters. The van der Waals surface area contributed by atoms with Gasteiger partial charge in [-0.25, -0.2) is 0 Å². The Hall–Kier alpha value is -1.96. The lowest BCUT2D eigenvalue weighted by atomic mass is 10.2. The van der Waals surface area contributed by atoms with Gasteiger partial charge in [0.25, 0.3) is 0 Å². The Balaban J connectivity index is 2.23. The van der Waals surface area contributed by atoms with Gasteiger partial charge in [-0.3, -0.25) is 0 Å². The van der Waals surface area contributed by atoms with Gasteiger partial charge in [0, 0.05) is 0 Å². The predicted molar refractivity (Wildman–Crippen MR) is 72.2 cm³/mol. The number of para-hydroxylation sites is 2. The largest absolute Gasteiger partial charge is 0.484 e. The summed E-state index contributed by atoms with van der Waals surface area (Å²) in [6.07, 6.45) is 0. The van der Waals surface area contributed by atoms with Gasteiger partial charge in [0.05, 0.1) is 0 Å². The smallest absolute Gasteiger partial charge is 0.169 e. The van der Waals surface area contributed by atoms with Gasteiger partial charge < -0.3 is 9.47 Å². The summed E-state index contributed by atoms with van der Waals surface area (Å²) in [5.41, 5.74) is -0.246. The first kappa shape index (κ1) is 12.5. The van der Waals surface area contributed by atoms with Gasteiger partial charge >= 0.3 is 0 Å². The van der Waals surface area contributed by atoms with Crippen molar-refractivity contribution in [2.75, 3.05) is 0 Å². The maximum atomic E-state index is 5.87. The number of hydrogen-bond donors (Lipinski definition) is 0. The Labute approximate surface area is 108 Å². The molecule has 1 radical (unpaired) electrons. The molecule has 0 N–H and O–H groups in total. The van der Waals surface area contributed by atoms with E-state index in [1.807, 2.05) is 69.3 Å². The summed E-state index contributed by atoms with van der Waals surface area (Å²) in [5.74, 6) is 2.25. The van der Waals surface area contributed by atoms with E-state index in [0.29, 0.717) is 0 Å². The van der Waals surface area contributed by atoms with Crippen LogP contribution in [0, 0.1) is 6.07 Å². The summed E-state index contributed by atoms with van der Waals surface area (Å²) in [6, 6.07) is 18.0. The fourth-order valence-corrected chi connectivity index (χ4v) is 1.52. The highest BCUT2D eigenvalue weighted by Crippen LogP contribution is 2.33. The topological polar surface area (TPSA) is 18.5 Å². The summed E-state index contributed by atoms with van der Waals surface area (Å²) in [4.78, 5) is 0. The van der Waals surface area contributed by atoms with E-state index in [0.717, 1.165) is 17.2 Å². The van der Waals surface area contributed by atoms with Crippen molar-refractivity contribution in [3.63, 3.8) is 0 Å². The van der Waals surface area contributed by atoms with Crippen LogP contribution in [-0.4, -0.2) is 5.60 Å². The Morgan fingerprint density at radius 1 is 0.889 bits per heavy atom. The van der Waals surface area contributed by atoms with Gasteiger partial charge in [0.2, 0.25) is 0 Å². The first-order valence-corrected chi connectivity index (χ1v) is 5.97. The summed E-state index contributed by atoms with van der Waals surface area (Å²) in [5, 5.41) is 0. The van der Waals surface area contributed by atoms with Crippen molar-refractivity contribution >= 4 is 0 Å². The number of rotatable bonds is 3. The van der Waals surface area contributed by atoms with E-state index in [4.69, 9.17) is 9.47 Å². The quantitative estimate of drug-likeness (QED) is 0.790. The highest BCUT2D eigenvalue weighted by molar-refractivity contribution is 5.42. The monoisotopic (exact) mass is 241 g/mol.